The molecule has 5 nitrogen and oxygen atoms in total. The van der Waals surface area contributed by atoms with Crippen molar-refractivity contribution in [3.05, 3.63) is 65.7 Å². The lowest BCUT2D eigenvalue weighted by Crippen LogP contribution is -2.09. The molecule has 0 aliphatic rings. The van der Waals surface area contributed by atoms with Crippen molar-refractivity contribution < 1.29 is 13.2 Å². The van der Waals surface area contributed by atoms with Crippen LogP contribution in [-0.2, 0) is 6.18 Å². The number of nitrogens with one attached hydrogen (secondary N) is 2. The van der Waals surface area contributed by atoms with Gasteiger partial charge in [0.2, 0.25) is 0 Å². The number of H-pyrrole nitrogens is 1. The molecule has 2 heterocycles. The maximum absolute atomic E-state index is 12.5. The number of halogens is 3. The Hall–Kier alpha value is -2.90. The van der Waals surface area contributed by atoms with Crippen LogP contribution in [0.3, 0.4) is 0 Å². The van der Waals surface area contributed by atoms with Crippen molar-refractivity contribution in [2.75, 3.05) is 0 Å². The highest BCUT2D eigenvalue weighted by atomic mass is 19.4. The molecule has 114 valence electrons. The third kappa shape index (κ3) is 3.60. The van der Waals surface area contributed by atoms with Gasteiger partial charge >= 0.3 is 6.18 Å². The van der Waals surface area contributed by atoms with Gasteiger partial charge in [0, 0.05) is 24.2 Å². The number of nitrogens with zero attached hydrogens (tertiary/aromatic N) is 2. The van der Waals surface area contributed by atoms with Crippen LogP contribution in [0.2, 0.25) is 0 Å². The summed E-state index contributed by atoms with van der Waals surface area (Å²) in [6, 6.07) is 3.52. The first kappa shape index (κ1) is 15.5. The molecule has 4 N–H and O–H groups in total. The molecule has 0 saturated heterocycles. The van der Waals surface area contributed by atoms with Crippen LogP contribution in [0.4, 0.5) is 13.2 Å². The summed E-state index contributed by atoms with van der Waals surface area (Å²) in [7, 11) is 0. The number of hydrogen-bond acceptors (Lipinski definition) is 4. The Labute approximate surface area is 123 Å². The van der Waals surface area contributed by atoms with Crippen molar-refractivity contribution in [1.29, 1.82) is 5.41 Å². The predicted octanol–water partition coefficient (Wildman–Crippen LogP) is 2.75. The number of pyridine rings is 1. The van der Waals surface area contributed by atoms with Crippen LogP contribution < -0.4 is 5.73 Å². The summed E-state index contributed by atoms with van der Waals surface area (Å²) in [4.78, 5) is 9.55. The van der Waals surface area contributed by atoms with Crippen molar-refractivity contribution in [1.82, 2.24) is 15.0 Å². The number of allylic oxidation sites excluding steroid dienone is 2. The van der Waals surface area contributed by atoms with E-state index in [9.17, 15) is 13.2 Å². The maximum Gasteiger partial charge on any atom is 0.432 e. The van der Waals surface area contributed by atoms with Gasteiger partial charge in [-0.25, -0.2) is 4.98 Å². The fraction of sp³-hybridized carbons (Fsp3) is 0.0714. The first-order valence-corrected chi connectivity index (χ1v) is 6.13. The minimum Gasteiger partial charge on any atom is -0.404 e. The Morgan fingerprint density at radius 1 is 1.32 bits per heavy atom. The van der Waals surface area contributed by atoms with Crippen molar-refractivity contribution in [3.63, 3.8) is 0 Å². The zero-order valence-corrected chi connectivity index (χ0v) is 11.2. The lowest BCUT2D eigenvalue weighted by molar-refractivity contribution is -0.140. The van der Waals surface area contributed by atoms with Gasteiger partial charge in [-0.1, -0.05) is 18.2 Å². The van der Waals surface area contributed by atoms with E-state index in [1.54, 1.807) is 30.6 Å². The third-order valence-corrected chi connectivity index (χ3v) is 2.73. The lowest BCUT2D eigenvalue weighted by atomic mass is 10.1. The van der Waals surface area contributed by atoms with E-state index >= 15 is 0 Å². The van der Waals surface area contributed by atoms with Crippen LogP contribution in [-0.4, -0.2) is 20.7 Å². The molecule has 0 radical (unpaired) electrons. The number of rotatable bonds is 4. The predicted molar refractivity (Wildman–Crippen MR) is 76.0 cm³/mol. The molecule has 2 aromatic rings. The SMILES string of the molecule is N=C(C(=C\N)/C=C/c1cccnc1)c1ncc(C(F)(F)F)[nH]1. The molecule has 0 aliphatic carbocycles. The fourth-order valence-electron chi connectivity index (χ4n) is 1.61. The summed E-state index contributed by atoms with van der Waals surface area (Å²) in [5.41, 5.74) is 5.18. The van der Waals surface area contributed by atoms with E-state index in [4.69, 9.17) is 11.1 Å². The summed E-state index contributed by atoms with van der Waals surface area (Å²) >= 11 is 0. The highest BCUT2D eigenvalue weighted by molar-refractivity contribution is 6.10. The molecule has 0 bridgehead atoms. The third-order valence-electron chi connectivity index (χ3n) is 2.73. The average molecular weight is 307 g/mol. The van der Waals surface area contributed by atoms with E-state index in [2.05, 4.69) is 15.0 Å². The molecule has 0 spiro atoms. The molecular weight excluding hydrogens is 295 g/mol. The monoisotopic (exact) mass is 307 g/mol. The van der Waals surface area contributed by atoms with Gasteiger partial charge in [0.05, 0.1) is 6.20 Å². The van der Waals surface area contributed by atoms with Crippen molar-refractivity contribution in [2.24, 2.45) is 5.73 Å². The van der Waals surface area contributed by atoms with Gasteiger partial charge in [-0.15, -0.1) is 0 Å². The standard InChI is InChI=1S/C14H12F3N5/c15-14(16,17)11-8-21-13(22-11)12(19)10(6-18)4-3-9-2-1-5-20-7-9/h1-8,19H,18H2,(H,21,22)/b4-3+,10-6-,19-12?. The topological polar surface area (TPSA) is 91.4 Å². The van der Waals surface area contributed by atoms with E-state index in [-0.39, 0.29) is 17.1 Å². The van der Waals surface area contributed by atoms with Crippen molar-refractivity contribution in [3.8, 4) is 0 Å². The second kappa shape index (κ2) is 6.25. The zero-order chi connectivity index (χ0) is 16.2. The van der Waals surface area contributed by atoms with E-state index in [1.807, 2.05) is 0 Å². The van der Waals surface area contributed by atoms with E-state index in [0.29, 0.717) is 6.20 Å². The Morgan fingerprint density at radius 2 is 2.09 bits per heavy atom. The largest absolute Gasteiger partial charge is 0.432 e. The molecule has 0 aromatic carbocycles. The molecule has 0 amide bonds. The van der Waals surface area contributed by atoms with E-state index in [1.165, 1.54) is 6.08 Å². The second-order valence-corrected chi connectivity index (χ2v) is 4.26. The number of imidazole rings is 1. The lowest BCUT2D eigenvalue weighted by Gasteiger charge is -2.03. The van der Waals surface area contributed by atoms with E-state index in [0.717, 1.165) is 11.8 Å². The molecule has 0 saturated carbocycles. The molecule has 2 aromatic heterocycles. The Kier molecular flexibility index (Phi) is 4.40. The molecular formula is C14H12F3N5. The molecule has 22 heavy (non-hydrogen) atoms. The number of nitrogens with two attached hydrogens (primary N) is 1. The number of alkyl halides is 3. The first-order chi connectivity index (χ1) is 10.4. The summed E-state index contributed by atoms with van der Waals surface area (Å²) in [5, 5.41) is 7.89. The minimum absolute atomic E-state index is 0.208. The highest BCUT2D eigenvalue weighted by Gasteiger charge is 2.33. The van der Waals surface area contributed by atoms with Gasteiger partial charge in [-0.05, 0) is 11.6 Å². The minimum atomic E-state index is -4.54. The van der Waals surface area contributed by atoms with Gasteiger partial charge in [-0.2, -0.15) is 13.2 Å². The summed E-state index contributed by atoms with van der Waals surface area (Å²) < 4.78 is 37.5. The fourth-order valence-corrected chi connectivity index (χ4v) is 1.61. The molecule has 0 unspecified atom stereocenters. The average Bonchev–Trinajstić information content (AvgIpc) is 2.98. The molecule has 8 heteroatoms. The quantitative estimate of drug-likeness (QED) is 0.599. The number of hydrogen-bond donors (Lipinski definition) is 3. The Morgan fingerprint density at radius 3 is 2.64 bits per heavy atom. The maximum atomic E-state index is 12.5. The first-order valence-electron chi connectivity index (χ1n) is 6.13. The normalized spacial score (nSPS) is 12.8. The number of aromatic amines is 1. The Balaban J connectivity index is 2.20. The highest BCUT2D eigenvalue weighted by Crippen LogP contribution is 2.27. The molecule has 0 atom stereocenters. The molecule has 0 aliphatic heterocycles. The molecule has 0 fully saturated rings. The van der Waals surface area contributed by atoms with Crippen molar-refractivity contribution in [2.45, 2.75) is 6.18 Å². The summed E-state index contributed by atoms with van der Waals surface area (Å²) in [6.07, 6.45) is 3.60. The second-order valence-electron chi connectivity index (χ2n) is 4.26. The zero-order valence-electron chi connectivity index (χ0n) is 11.2. The van der Waals surface area contributed by atoms with Gasteiger partial charge in [-0.3, -0.25) is 10.4 Å². The van der Waals surface area contributed by atoms with Crippen LogP contribution in [0.1, 0.15) is 17.1 Å². The van der Waals surface area contributed by atoms with Gasteiger partial charge in [0.25, 0.3) is 0 Å². The van der Waals surface area contributed by atoms with Gasteiger partial charge < -0.3 is 10.7 Å². The number of aromatic nitrogens is 3. The van der Waals surface area contributed by atoms with Crippen molar-refractivity contribution >= 4 is 11.8 Å². The van der Waals surface area contributed by atoms with Crippen LogP contribution >= 0.6 is 0 Å². The summed E-state index contributed by atoms with van der Waals surface area (Å²) in [6.45, 7) is 0. The van der Waals surface area contributed by atoms with Crippen LogP contribution in [0, 0.1) is 5.41 Å². The van der Waals surface area contributed by atoms with E-state index < -0.39 is 11.9 Å². The van der Waals surface area contributed by atoms with Crippen LogP contribution in [0.15, 0.2) is 48.6 Å². The van der Waals surface area contributed by atoms with Crippen LogP contribution in [0.5, 0.6) is 0 Å². The Bertz CT molecular complexity index is 714. The smallest absolute Gasteiger partial charge is 0.404 e. The molecule has 2 rings (SSSR count). The van der Waals surface area contributed by atoms with Gasteiger partial charge in [0.15, 0.2) is 5.82 Å². The van der Waals surface area contributed by atoms with Gasteiger partial charge in [0.1, 0.15) is 11.4 Å². The van der Waals surface area contributed by atoms with Crippen LogP contribution in [0.25, 0.3) is 6.08 Å². The summed E-state index contributed by atoms with van der Waals surface area (Å²) in [5.74, 6) is -0.208.